The number of hydrogen-bond donors (Lipinski definition) is 9. The maximum atomic E-state index is 13.4. The number of amides is 1. The maximum Gasteiger partial charge on any atom is 0.220 e. The van der Waals surface area contributed by atoms with Gasteiger partial charge in [0.25, 0.3) is 0 Å². The Kier molecular flexibility index (Phi) is 55.6. The lowest BCUT2D eigenvalue weighted by Gasteiger charge is -2.46. The average molecular weight is 1250 g/mol. The Morgan fingerprint density at radius 2 is 0.750 bits per heavy atom. The van der Waals surface area contributed by atoms with Gasteiger partial charge < -0.3 is 65.1 Å². The topological polar surface area (TPSA) is 228 Å². The molecule has 1 amide bonds. The third-order valence-corrected chi connectivity index (χ3v) is 18.7. The van der Waals surface area contributed by atoms with Gasteiger partial charge in [-0.3, -0.25) is 4.79 Å². The molecule has 9 N–H and O–H groups in total. The van der Waals surface area contributed by atoms with Gasteiger partial charge in [-0.1, -0.05) is 321 Å². The van der Waals surface area contributed by atoms with Gasteiger partial charge in [0.1, 0.15) is 48.8 Å². The normalized spacial score (nSPS) is 23.2. The highest BCUT2D eigenvalue weighted by Gasteiger charge is 2.51. The number of nitrogens with one attached hydrogen (secondary N) is 1. The van der Waals surface area contributed by atoms with Crippen molar-refractivity contribution in [2.24, 2.45) is 0 Å². The number of carbonyl (C=O) groups excluding carboxylic acids is 1. The zero-order valence-corrected chi connectivity index (χ0v) is 56.7. The highest BCUT2D eigenvalue weighted by Crippen LogP contribution is 2.30. The zero-order valence-electron chi connectivity index (χ0n) is 56.7. The minimum absolute atomic E-state index is 0.205. The number of rotatable bonds is 63. The van der Waals surface area contributed by atoms with E-state index in [-0.39, 0.29) is 12.5 Å². The van der Waals surface area contributed by atoms with Crippen LogP contribution in [0.3, 0.4) is 0 Å². The van der Waals surface area contributed by atoms with Gasteiger partial charge in [-0.2, -0.15) is 0 Å². The summed E-state index contributed by atoms with van der Waals surface area (Å²) in [6, 6.07) is -0.832. The van der Waals surface area contributed by atoms with Crippen LogP contribution in [-0.2, 0) is 23.7 Å². The lowest BCUT2D eigenvalue weighted by molar-refractivity contribution is -0.359. The van der Waals surface area contributed by atoms with Crippen molar-refractivity contribution >= 4 is 5.91 Å². The third kappa shape index (κ3) is 42.6. The van der Waals surface area contributed by atoms with Gasteiger partial charge in [-0.15, -0.1) is 0 Å². The molecule has 2 saturated heterocycles. The van der Waals surface area contributed by atoms with Crippen LogP contribution in [0.15, 0.2) is 24.3 Å². The second-order valence-corrected chi connectivity index (χ2v) is 26.8. The van der Waals surface area contributed by atoms with Crippen molar-refractivity contribution in [3.05, 3.63) is 24.3 Å². The van der Waals surface area contributed by atoms with E-state index in [2.05, 4.69) is 43.5 Å². The molecule has 0 bridgehead atoms. The molecule has 12 atom stereocenters. The average Bonchev–Trinajstić information content (AvgIpc) is 2.01. The molecule has 2 rings (SSSR count). The molecule has 0 aromatic rings. The molecule has 2 aliphatic rings. The Bertz CT molecular complexity index is 1570. The van der Waals surface area contributed by atoms with Crippen molar-refractivity contribution in [2.75, 3.05) is 19.8 Å². The number of hydrogen-bond acceptors (Lipinski definition) is 13. The lowest BCUT2D eigenvalue weighted by atomic mass is 9.97. The van der Waals surface area contributed by atoms with Gasteiger partial charge in [0.05, 0.1) is 32.0 Å². The molecule has 0 spiro atoms. The van der Waals surface area contributed by atoms with Crippen LogP contribution in [0.2, 0.25) is 0 Å². The van der Waals surface area contributed by atoms with E-state index in [0.717, 1.165) is 64.2 Å². The highest BCUT2D eigenvalue weighted by molar-refractivity contribution is 5.76. The predicted octanol–water partition coefficient (Wildman–Crippen LogP) is 15.9. The number of ether oxygens (including phenoxy) is 4. The Labute approximate surface area is 539 Å². The van der Waals surface area contributed by atoms with Crippen LogP contribution in [0.5, 0.6) is 0 Å². The summed E-state index contributed by atoms with van der Waals surface area (Å²) in [5.41, 5.74) is 0. The molecule has 88 heavy (non-hydrogen) atoms. The zero-order chi connectivity index (χ0) is 63.8. The van der Waals surface area contributed by atoms with Crippen LogP contribution in [0.1, 0.15) is 348 Å². The number of aliphatic hydroxyl groups is 8. The predicted molar refractivity (Wildman–Crippen MR) is 360 cm³/mol. The van der Waals surface area contributed by atoms with Crippen molar-refractivity contribution in [3.8, 4) is 0 Å². The first-order valence-electron chi connectivity index (χ1n) is 37.6. The summed E-state index contributed by atoms with van der Waals surface area (Å²) in [6.45, 7) is 2.90. The summed E-state index contributed by atoms with van der Waals surface area (Å²) in [4.78, 5) is 13.4. The van der Waals surface area contributed by atoms with E-state index < -0.39 is 86.8 Å². The number of allylic oxidation sites excluding steroid dienone is 4. The minimum atomic E-state index is -1.78. The molecule has 2 aliphatic heterocycles. The van der Waals surface area contributed by atoms with Crippen LogP contribution in [0.25, 0.3) is 0 Å². The summed E-state index contributed by atoms with van der Waals surface area (Å²) >= 11 is 0. The van der Waals surface area contributed by atoms with E-state index in [1.165, 1.54) is 257 Å². The molecular weight excluding hydrogens is 1110 g/mol. The molecule has 0 saturated carbocycles. The number of aliphatic hydroxyl groups excluding tert-OH is 8. The number of unbranched alkanes of at least 4 members (excludes halogenated alkanes) is 46. The van der Waals surface area contributed by atoms with Crippen molar-refractivity contribution in [3.63, 3.8) is 0 Å². The standard InChI is InChI=1S/C74H141NO13/c1-3-5-7-9-11-13-15-17-19-21-23-25-26-27-28-29-30-31-32-33-34-35-36-38-39-41-43-45-47-49-51-53-55-57-63(78)62(61-85-73-71(84)69(82)72(65(60-77)87-73)88-74-70(83)68(81)67(80)64(59-76)86-74)75-66(79)58-56-54-52-50-48-46-44-42-40-37-24-22-20-18-16-14-12-10-8-6-4-2/h16,18,22,24,62-65,67-74,76-78,80-84H,3-15,17,19-21,23,25-61H2,1-2H3,(H,75,79)/b18-16-,24-22-. The molecule has 14 heteroatoms. The quantitative estimate of drug-likeness (QED) is 0.0204. The smallest absolute Gasteiger partial charge is 0.220 e. The number of carbonyl (C=O) groups is 1. The van der Waals surface area contributed by atoms with Crippen LogP contribution in [0, 0.1) is 0 Å². The first-order valence-corrected chi connectivity index (χ1v) is 37.6. The van der Waals surface area contributed by atoms with Gasteiger partial charge in [-0.05, 0) is 44.9 Å². The fraction of sp³-hybridized carbons (Fsp3) is 0.932. The Balaban J connectivity index is 1.62. The van der Waals surface area contributed by atoms with Gasteiger partial charge in [0.2, 0.25) is 5.91 Å². The molecular formula is C74H141NO13. The SMILES string of the molecule is CCCCCCC/C=C\C/C=C\CCCCCCCCCCCC(=O)NC(COC1OC(CO)C(OC2OC(CO)C(O)C(O)C2O)C(O)C1O)C(O)CCCCCCCCCCCCCCCCCCCCCCCCCCCCCCCCCCC. The van der Waals surface area contributed by atoms with Crippen molar-refractivity contribution < 1.29 is 64.6 Å². The van der Waals surface area contributed by atoms with Gasteiger partial charge in [-0.25, -0.2) is 0 Å². The Morgan fingerprint density at radius 3 is 1.14 bits per heavy atom. The van der Waals surface area contributed by atoms with E-state index in [1.807, 2.05) is 0 Å². The van der Waals surface area contributed by atoms with Crippen LogP contribution in [-0.4, -0.2) is 140 Å². The third-order valence-electron chi connectivity index (χ3n) is 18.7. The van der Waals surface area contributed by atoms with E-state index in [1.54, 1.807) is 0 Å². The molecule has 0 aliphatic carbocycles. The molecule has 2 fully saturated rings. The molecule has 0 radical (unpaired) electrons. The van der Waals surface area contributed by atoms with E-state index in [4.69, 9.17) is 18.9 Å². The van der Waals surface area contributed by atoms with E-state index in [0.29, 0.717) is 12.8 Å². The molecule has 2 heterocycles. The molecule has 0 aromatic heterocycles. The minimum Gasteiger partial charge on any atom is -0.394 e. The van der Waals surface area contributed by atoms with Crippen LogP contribution >= 0.6 is 0 Å². The van der Waals surface area contributed by atoms with Gasteiger partial charge >= 0.3 is 0 Å². The summed E-state index contributed by atoms with van der Waals surface area (Å²) in [5, 5.41) is 87.7. The summed E-state index contributed by atoms with van der Waals surface area (Å²) < 4.78 is 22.9. The van der Waals surface area contributed by atoms with Crippen LogP contribution in [0.4, 0.5) is 0 Å². The highest BCUT2D eigenvalue weighted by atomic mass is 16.7. The first-order chi connectivity index (χ1) is 43.1. The largest absolute Gasteiger partial charge is 0.394 e. The molecule has 12 unspecified atom stereocenters. The summed E-state index contributed by atoms with van der Waals surface area (Å²) in [6.07, 6.45) is 57.8. The molecule has 14 nitrogen and oxygen atoms in total. The molecule has 0 aromatic carbocycles. The van der Waals surface area contributed by atoms with Gasteiger partial charge in [0.15, 0.2) is 12.6 Å². The fourth-order valence-corrected chi connectivity index (χ4v) is 12.7. The van der Waals surface area contributed by atoms with Crippen LogP contribution < -0.4 is 5.32 Å². The van der Waals surface area contributed by atoms with E-state index >= 15 is 0 Å². The molecule has 520 valence electrons. The van der Waals surface area contributed by atoms with Crippen molar-refractivity contribution in [1.82, 2.24) is 5.32 Å². The summed E-state index contributed by atoms with van der Waals surface area (Å²) in [7, 11) is 0. The maximum absolute atomic E-state index is 13.4. The Hall–Kier alpha value is -1.53. The van der Waals surface area contributed by atoms with E-state index in [9.17, 15) is 45.6 Å². The second kappa shape index (κ2) is 59.2. The fourth-order valence-electron chi connectivity index (χ4n) is 12.7. The Morgan fingerprint density at radius 1 is 0.409 bits per heavy atom. The van der Waals surface area contributed by atoms with Gasteiger partial charge in [0, 0.05) is 6.42 Å². The van der Waals surface area contributed by atoms with Crippen molar-refractivity contribution in [1.29, 1.82) is 0 Å². The summed E-state index contributed by atoms with van der Waals surface area (Å²) in [5.74, 6) is -0.205. The van der Waals surface area contributed by atoms with Crippen molar-refractivity contribution in [2.45, 2.75) is 421 Å². The lowest BCUT2D eigenvalue weighted by Crippen LogP contribution is -2.65. The monoisotopic (exact) mass is 1250 g/mol. The second-order valence-electron chi connectivity index (χ2n) is 26.8. The first kappa shape index (κ1) is 82.6.